The van der Waals surface area contributed by atoms with Crippen LogP contribution >= 0.6 is 0 Å². The van der Waals surface area contributed by atoms with Crippen molar-refractivity contribution in [3.8, 4) is 0 Å². The van der Waals surface area contributed by atoms with Gasteiger partial charge in [0.25, 0.3) is 5.91 Å². The molecule has 0 radical (unpaired) electrons. The minimum absolute atomic E-state index is 0.0943. The average molecular weight is 263 g/mol. The fourth-order valence-electron chi connectivity index (χ4n) is 2.04. The molecular formula is C14H21N3O2. The summed E-state index contributed by atoms with van der Waals surface area (Å²) in [5.41, 5.74) is 1.46. The summed E-state index contributed by atoms with van der Waals surface area (Å²) in [6.07, 6.45) is 6.62. The van der Waals surface area contributed by atoms with E-state index in [1.54, 1.807) is 12.4 Å². The number of anilines is 1. The highest BCUT2D eigenvalue weighted by Crippen LogP contribution is 2.12. The van der Waals surface area contributed by atoms with Crippen LogP contribution in [0.5, 0.6) is 0 Å². The molecule has 2 rings (SSSR count). The molecular weight excluding hydrogens is 242 g/mol. The molecule has 1 amide bonds. The second kappa shape index (κ2) is 7.09. The third-order valence-corrected chi connectivity index (χ3v) is 3.09. The number of carbonyl (C=O) groups excluding carboxylic acids is 1. The van der Waals surface area contributed by atoms with Gasteiger partial charge in [-0.1, -0.05) is 6.92 Å². The first-order valence-corrected chi connectivity index (χ1v) is 6.88. The van der Waals surface area contributed by atoms with Crippen molar-refractivity contribution in [2.75, 3.05) is 25.0 Å². The molecule has 0 aromatic carbocycles. The van der Waals surface area contributed by atoms with Crippen LogP contribution in [0.3, 0.4) is 0 Å². The minimum Gasteiger partial charge on any atom is -0.384 e. The number of pyridine rings is 1. The monoisotopic (exact) mass is 263 g/mol. The fraction of sp³-hybridized carbons (Fsp3) is 0.571. The van der Waals surface area contributed by atoms with E-state index in [0.717, 1.165) is 38.1 Å². The lowest BCUT2D eigenvalue weighted by molar-refractivity contribution is 0.0857. The lowest BCUT2D eigenvalue weighted by Gasteiger charge is -2.11. The molecule has 2 N–H and O–H groups in total. The largest absolute Gasteiger partial charge is 0.384 e. The van der Waals surface area contributed by atoms with Gasteiger partial charge < -0.3 is 15.4 Å². The lowest BCUT2D eigenvalue weighted by atomic mass is 10.2. The Balaban J connectivity index is 1.86. The van der Waals surface area contributed by atoms with Gasteiger partial charge in [0.05, 0.1) is 17.4 Å². The van der Waals surface area contributed by atoms with Crippen LogP contribution in [0.4, 0.5) is 5.69 Å². The van der Waals surface area contributed by atoms with Crippen LogP contribution in [-0.4, -0.2) is 36.7 Å². The van der Waals surface area contributed by atoms with Crippen LogP contribution < -0.4 is 10.6 Å². The second-order valence-electron chi connectivity index (χ2n) is 4.73. The number of nitrogens with one attached hydrogen (secondary N) is 2. The van der Waals surface area contributed by atoms with E-state index >= 15 is 0 Å². The zero-order valence-corrected chi connectivity index (χ0v) is 11.3. The molecule has 1 atom stereocenters. The predicted molar refractivity (Wildman–Crippen MR) is 74.3 cm³/mol. The molecule has 1 aliphatic rings. The number of hydrogen-bond acceptors (Lipinski definition) is 4. The van der Waals surface area contributed by atoms with Crippen molar-refractivity contribution in [3.63, 3.8) is 0 Å². The Morgan fingerprint density at radius 1 is 1.53 bits per heavy atom. The maximum Gasteiger partial charge on any atom is 0.253 e. The summed E-state index contributed by atoms with van der Waals surface area (Å²) < 4.78 is 5.47. The summed E-state index contributed by atoms with van der Waals surface area (Å²) in [5.74, 6) is -0.0943. The maximum atomic E-state index is 12.0. The highest BCUT2D eigenvalue weighted by atomic mass is 16.5. The van der Waals surface area contributed by atoms with Crippen LogP contribution in [0.15, 0.2) is 18.5 Å². The standard InChI is InChI=1S/C14H21N3O2/c1-2-5-16-12-7-11(8-15-9-12)14(18)17-10-13-4-3-6-19-13/h7-9,13,16H,2-6,10H2,1H3,(H,17,18). The van der Waals surface area contributed by atoms with E-state index in [2.05, 4.69) is 22.5 Å². The van der Waals surface area contributed by atoms with E-state index in [-0.39, 0.29) is 12.0 Å². The van der Waals surface area contributed by atoms with Crippen LogP contribution in [0.2, 0.25) is 0 Å². The second-order valence-corrected chi connectivity index (χ2v) is 4.73. The zero-order chi connectivity index (χ0) is 13.5. The van der Waals surface area contributed by atoms with Gasteiger partial charge in [0.1, 0.15) is 0 Å². The van der Waals surface area contributed by atoms with Gasteiger partial charge in [0.2, 0.25) is 0 Å². The van der Waals surface area contributed by atoms with Crippen molar-refractivity contribution in [1.29, 1.82) is 0 Å². The van der Waals surface area contributed by atoms with Crippen molar-refractivity contribution in [3.05, 3.63) is 24.0 Å². The van der Waals surface area contributed by atoms with Crippen molar-refractivity contribution in [2.45, 2.75) is 32.3 Å². The summed E-state index contributed by atoms with van der Waals surface area (Å²) >= 11 is 0. The van der Waals surface area contributed by atoms with Crippen LogP contribution in [0, 0.1) is 0 Å². The zero-order valence-electron chi connectivity index (χ0n) is 11.3. The molecule has 0 bridgehead atoms. The van der Waals surface area contributed by atoms with E-state index in [4.69, 9.17) is 4.74 Å². The van der Waals surface area contributed by atoms with E-state index in [9.17, 15) is 4.79 Å². The summed E-state index contributed by atoms with van der Waals surface area (Å²) in [4.78, 5) is 16.1. The van der Waals surface area contributed by atoms with Crippen LogP contribution in [-0.2, 0) is 4.74 Å². The van der Waals surface area contributed by atoms with E-state index in [0.29, 0.717) is 12.1 Å². The molecule has 5 nitrogen and oxygen atoms in total. The molecule has 1 aromatic rings. The molecule has 0 saturated carbocycles. The van der Waals surface area contributed by atoms with Crippen LogP contribution in [0.25, 0.3) is 0 Å². The van der Waals surface area contributed by atoms with Gasteiger partial charge in [-0.15, -0.1) is 0 Å². The number of aromatic nitrogens is 1. The van der Waals surface area contributed by atoms with Crippen molar-refractivity contribution in [1.82, 2.24) is 10.3 Å². The summed E-state index contributed by atoms with van der Waals surface area (Å²) in [6.45, 7) is 4.35. The van der Waals surface area contributed by atoms with Crippen molar-refractivity contribution < 1.29 is 9.53 Å². The molecule has 19 heavy (non-hydrogen) atoms. The Bertz CT molecular complexity index is 417. The maximum absolute atomic E-state index is 12.0. The highest BCUT2D eigenvalue weighted by molar-refractivity contribution is 5.94. The molecule has 104 valence electrons. The summed E-state index contributed by atoms with van der Waals surface area (Å²) in [6, 6.07) is 1.83. The van der Waals surface area contributed by atoms with Gasteiger partial charge in [0.15, 0.2) is 0 Å². The summed E-state index contributed by atoms with van der Waals surface area (Å²) in [7, 11) is 0. The lowest BCUT2D eigenvalue weighted by Crippen LogP contribution is -2.31. The smallest absolute Gasteiger partial charge is 0.253 e. The van der Waals surface area contributed by atoms with Gasteiger partial charge >= 0.3 is 0 Å². The van der Waals surface area contributed by atoms with Crippen molar-refractivity contribution >= 4 is 11.6 Å². The Hall–Kier alpha value is -1.62. The van der Waals surface area contributed by atoms with E-state index < -0.39 is 0 Å². The van der Waals surface area contributed by atoms with Crippen LogP contribution in [0.1, 0.15) is 36.5 Å². The minimum atomic E-state index is -0.0943. The average Bonchev–Trinajstić information content (AvgIpc) is 2.96. The number of rotatable bonds is 6. The first-order valence-electron chi connectivity index (χ1n) is 6.88. The molecule has 5 heteroatoms. The molecule has 0 aliphatic carbocycles. The van der Waals surface area contributed by atoms with Gasteiger partial charge in [-0.2, -0.15) is 0 Å². The number of carbonyl (C=O) groups is 1. The highest BCUT2D eigenvalue weighted by Gasteiger charge is 2.16. The number of amides is 1. The normalized spacial score (nSPS) is 18.3. The fourth-order valence-corrected chi connectivity index (χ4v) is 2.04. The number of nitrogens with zero attached hydrogens (tertiary/aromatic N) is 1. The molecule has 1 aromatic heterocycles. The molecule has 1 unspecified atom stereocenters. The topological polar surface area (TPSA) is 63.2 Å². The third-order valence-electron chi connectivity index (χ3n) is 3.09. The summed E-state index contributed by atoms with van der Waals surface area (Å²) in [5, 5.41) is 6.11. The van der Waals surface area contributed by atoms with Gasteiger partial charge in [-0.05, 0) is 25.3 Å². The Labute approximate surface area is 113 Å². The quantitative estimate of drug-likeness (QED) is 0.821. The van der Waals surface area contributed by atoms with Crippen molar-refractivity contribution in [2.24, 2.45) is 0 Å². The Kier molecular flexibility index (Phi) is 5.15. The number of ether oxygens (including phenoxy) is 1. The van der Waals surface area contributed by atoms with E-state index in [1.165, 1.54) is 0 Å². The molecule has 0 spiro atoms. The predicted octanol–water partition coefficient (Wildman–Crippen LogP) is 1.81. The molecule has 1 aliphatic heterocycles. The van der Waals surface area contributed by atoms with Gasteiger partial charge in [0, 0.05) is 32.1 Å². The van der Waals surface area contributed by atoms with Gasteiger partial charge in [-0.25, -0.2) is 0 Å². The molecule has 1 fully saturated rings. The molecule has 2 heterocycles. The molecule has 1 saturated heterocycles. The Morgan fingerprint density at radius 2 is 2.42 bits per heavy atom. The van der Waals surface area contributed by atoms with E-state index in [1.807, 2.05) is 6.07 Å². The number of hydrogen-bond donors (Lipinski definition) is 2. The third kappa shape index (κ3) is 4.21. The first-order chi connectivity index (χ1) is 9.29. The van der Waals surface area contributed by atoms with Gasteiger partial charge in [-0.3, -0.25) is 9.78 Å². The Morgan fingerprint density at radius 3 is 3.16 bits per heavy atom. The first kappa shape index (κ1) is 13.8. The SMILES string of the molecule is CCCNc1cncc(C(=O)NCC2CCCO2)c1.